The SMILES string of the molecule is CCc1noc(C[C@@H]2CCC[C@H]2N)n1.Cl. The van der Waals surface area contributed by atoms with Gasteiger partial charge in [-0.15, -0.1) is 12.4 Å². The van der Waals surface area contributed by atoms with E-state index >= 15 is 0 Å². The van der Waals surface area contributed by atoms with Crippen LogP contribution in [-0.4, -0.2) is 16.2 Å². The van der Waals surface area contributed by atoms with E-state index in [0.29, 0.717) is 12.0 Å². The van der Waals surface area contributed by atoms with Crippen molar-refractivity contribution >= 4 is 12.4 Å². The first-order valence-corrected chi connectivity index (χ1v) is 5.36. The zero-order valence-corrected chi connectivity index (χ0v) is 9.80. The van der Waals surface area contributed by atoms with Gasteiger partial charge < -0.3 is 10.3 Å². The Hall–Kier alpha value is -0.610. The lowest BCUT2D eigenvalue weighted by molar-refractivity contribution is 0.341. The summed E-state index contributed by atoms with van der Waals surface area (Å²) in [5.74, 6) is 2.09. The number of hydrogen-bond donors (Lipinski definition) is 1. The van der Waals surface area contributed by atoms with Crippen LogP contribution in [0.4, 0.5) is 0 Å². The summed E-state index contributed by atoms with van der Waals surface area (Å²) in [7, 11) is 0. The van der Waals surface area contributed by atoms with Crippen molar-refractivity contribution in [3.05, 3.63) is 11.7 Å². The first kappa shape index (κ1) is 12.5. The molecule has 0 bridgehead atoms. The van der Waals surface area contributed by atoms with Crippen molar-refractivity contribution in [2.24, 2.45) is 11.7 Å². The third-order valence-electron chi connectivity index (χ3n) is 2.98. The van der Waals surface area contributed by atoms with E-state index in [-0.39, 0.29) is 12.4 Å². The first-order chi connectivity index (χ1) is 6.79. The van der Waals surface area contributed by atoms with Crippen LogP contribution in [0.15, 0.2) is 4.52 Å². The van der Waals surface area contributed by atoms with Crippen LogP contribution in [-0.2, 0) is 12.8 Å². The van der Waals surface area contributed by atoms with Crippen LogP contribution in [0.1, 0.15) is 37.9 Å². The van der Waals surface area contributed by atoms with Gasteiger partial charge in [0.05, 0.1) is 0 Å². The van der Waals surface area contributed by atoms with Gasteiger partial charge in [0.15, 0.2) is 5.82 Å². The largest absolute Gasteiger partial charge is 0.339 e. The van der Waals surface area contributed by atoms with Crippen LogP contribution in [0.3, 0.4) is 0 Å². The first-order valence-electron chi connectivity index (χ1n) is 5.36. The topological polar surface area (TPSA) is 64.9 Å². The third-order valence-corrected chi connectivity index (χ3v) is 2.98. The Morgan fingerprint density at radius 3 is 2.80 bits per heavy atom. The standard InChI is InChI=1S/C10H17N3O.ClH/c1-2-9-12-10(14-13-9)6-7-4-3-5-8(7)11;/h7-8H,2-6,11H2,1H3;1H/t7-,8+;/m0./s1. The molecular weight excluding hydrogens is 214 g/mol. The van der Waals surface area contributed by atoms with E-state index in [1.54, 1.807) is 0 Å². The van der Waals surface area contributed by atoms with Crippen molar-refractivity contribution < 1.29 is 4.52 Å². The van der Waals surface area contributed by atoms with Crippen molar-refractivity contribution in [1.82, 2.24) is 10.1 Å². The quantitative estimate of drug-likeness (QED) is 0.861. The van der Waals surface area contributed by atoms with Crippen molar-refractivity contribution in [3.8, 4) is 0 Å². The van der Waals surface area contributed by atoms with E-state index in [4.69, 9.17) is 10.3 Å². The highest BCUT2D eigenvalue weighted by molar-refractivity contribution is 5.85. The molecule has 1 fully saturated rings. The number of aromatic nitrogens is 2. The van der Waals surface area contributed by atoms with Crippen molar-refractivity contribution in [2.45, 2.75) is 45.1 Å². The number of hydrogen-bond acceptors (Lipinski definition) is 4. The highest BCUT2D eigenvalue weighted by Crippen LogP contribution is 2.26. The van der Waals surface area contributed by atoms with Crippen molar-refractivity contribution in [2.75, 3.05) is 0 Å². The van der Waals surface area contributed by atoms with E-state index in [1.165, 1.54) is 12.8 Å². The predicted molar refractivity (Wildman–Crippen MR) is 59.9 cm³/mol. The van der Waals surface area contributed by atoms with Gasteiger partial charge >= 0.3 is 0 Å². The Bertz CT molecular complexity index is 303. The summed E-state index contributed by atoms with van der Waals surface area (Å²) in [6, 6.07) is 0.326. The molecule has 1 aliphatic rings. The van der Waals surface area contributed by atoms with Crippen molar-refractivity contribution in [1.29, 1.82) is 0 Å². The number of aryl methyl sites for hydroxylation is 1. The lowest BCUT2D eigenvalue weighted by atomic mass is 10.0. The molecule has 1 saturated carbocycles. The van der Waals surface area contributed by atoms with E-state index in [1.807, 2.05) is 6.92 Å². The second-order valence-corrected chi connectivity index (χ2v) is 4.02. The Labute approximate surface area is 96.0 Å². The third kappa shape index (κ3) is 2.92. The van der Waals surface area contributed by atoms with Crippen LogP contribution in [0.2, 0.25) is 0 Å². The van der Waals surface area contributed by atoms with Crippen LogP contribution in [0.25, 0.3) is 0 Å². The van der Waals surface area contributed by atoms with Gasteiger partial charge in [-0.05, 0) is 18.8 Å². The molecule has 1 aromatic rings. The minimum absolute atomic E-state index is 0. The predicted octanol–water partition coefficient (Wildman–Crippen LogP) is 1.72. The molecule has 2 atom stereocenters. The number of halogens is 1. The average Bonchev–Trinajstić information content (AvgIpc) is 2.77. The van der Waals surface area contributed by atoms with E-state index in [2.05, 4.69) is 10.1 Å². The number of nitrogens with two attached hydrogens (primary N) is 1. The normalized spacial score (nSPS) is 25.2. The fourth-order valence-corrected chi connectivity index (χ4v) is 2.06. The van der Waals surface area contributed by atoms with E-state index in [0.717, 1.165) is 31.0 Å². The molecule has 0 saturated heterocycles. The second kappa shape index (κ2) is 5.47. The molecule has 0 unspecified atom stereocenters. The summed E-state index contributed by atoms with van der Waals surface area (Å²) in [6.07, 6.45) is 5.26. The summed E-state index contributed by atoms with van der Waals surface area (Å²) >= 11 is 0. The molecule has 2 N–H and O–H groups in total. The maximum absolute atomic E-state index is 5.98. The monoisotopic (exact) mass is 231 g/mol. The van der Waals surface area contributed by atoms with Crippen LogP contribution in [0.5, 0.6) is 0 Å². The lowest BCUT2D eigenvalue weighted by Crippen LogP contribution is -2.25. The molecule has 0 aliphatic heterocycles. The molecular formula is C10H18ClN3O. The van der Waals surface area contributed by atoms with Gasteiger partial charge in [0.2, 0.25) is 5.89 Å². The van der Waals surface area contributed by atoms with Crippen molar-refractivity contribution in [3.63, 3.8) is 0 Å². The maximum atomic E-state index is 5.98. The summed E-state index contributed by atoms with van der Waals surface area (Å²) in [5.41, 5.74) is 5.98. The second-order valence-electron chi connectivity index (χ2n) is 4.02. The Morgan fingerprint density at radius 2 is 2.27 bits per heavy atom. The highest BCUT2D eigenvalue weighted by Gasteiger charge is 2.25. The van der Waals surface area contributed by atoms with E-state index < -0.39 is 0 Å². The van der Waals surface area contributed by atoms with Gasteiger partial charge in [-0.25, -0.2) is 0 Å². The smallest absolute Gasteiger partial charge is 0.226 e. The van der Waals surface area contributed by atoms with Crippen LogP contribution < -0.4 is 5.73 Å². The maximum Gasteiger partial charge on any atom is 0.226 e. The molecule has 1 aliphatic carbocycles. The minimum atomic E-state index is 0. The van der Waals surface area contributed by atoms with Crippen LogP contribution >= 0.6 is 12.4 Å². The van der Waals surface area contributed by atoms with Gasteiger partial charge in [-0.1, -0.05) is 18.5 Å². The summed E-state index contributed by atoms with van der Waals surface area (Å²) in [5, 5.41) is 3.87. The number of nitrogens with zero attached hydrogens (tertiary/aromatic N) is 2. The average molecular weight is 232 g/mol. The molecule has 4 nitrogen and oxygen atoms in total. The van der Waals surface area contributed by atoms with Gasteiger partial charge in [-0.2, -0.15) is 4.98 Å². The molecule has 1 heterocycles. The fraction of sp³-hybridized carbons (Fsp3) is 0.800. The zero-order chi connectivity index (χ0) is 9.97. The minimum Gasteiger partial charge on any atom is -0.339 e. The molecule has 0 spiro atoms. The molecule has 15 heavy (non-hydrogen) atoms. The highest BCUT2D eigenvalue weighted by atomic mass is 35.5. The van der Waals surface area contributed by atoms with Gasteiger partial charge in [0, 0.05) is 18.9 Å². The molecule has 0 aromatic carbocycles. The Kier molecular flexibility index (Phi) is 4.54. The summed E-state index contributed by atoms with van der Waals surface area (Å²) < 4.78 is 5.15. The molecule has 86 valence electrons. The van der Waals surface area contributed by atoms with Gasteiger partial charge in [-0.3, -0.25) is 0 Å². The van der Waals surface area contributed by atoms with Gasteiger partial charge in [0.25, 0.3) is 0 Å². The lowest BCUT2D eigenvalue weighted by Gasteiger charge is -2.11. The van der Waals surface area contributed by atoms with E-state index in [9.17, 15) is 0 Å². The molecule has 1 aromatic heterocycles. The Morgan fingerprint density at radius 1 is 1.47 bits per heavy atom. The van der Waals surface area contributed by atoms with Crippen LogP contribution in [0, 0.1) is 5.92 Å². The fourth-order valence-electron chi connectivity index (χ4n) is 2.06. The molecule has 0 radical (unpaired) electrons. The molecule has 2 rings (SSSR count). The molecule has 0 amide bonds. The molecule has 5 heteroatoms. The Balaban J connectivity index is 0.00000112. The number of rotatable bonds is 3. The summed E-state index contributed by atoms with van der Waals surface area (Å²) in [6.45, 7) is 2.02. The zero-order valence-electron chi connectivity index (χ0n) is 8.98. The summed E-state index contributed by atoms with van der Waals surface area (Å²) in [4.78, 5) is 4.29. The van der Waals surface area contributed by atoms with Gasteiger partial charge in [0.1, 0.15) is 0 Å².